The van der Waals surface area contributed by atoms with Crippen molar-refractivity contribution in [2.75, 3.05) is 0 Å². The van der Waals surface area contributed by atoms with Gasteiger partial charge in [-0.3, -0.25) is 9.11 Å². The average Bonchev–Trinajstić information content (AvgIpc) is 2.28. The lowest BCUT2D eigenvalue weighted by atomic mass is 10.3. The normalized spacial score (nSPS) is 10.6. The zero-order valence-corrected chi connectivity index (χ0v) is 10.6. The summed E-state index contributed by atoms with van der Waals surface area (Å²) < 4.78 is 36.9. The van der Waals surface area contributed by atoms with E-state index in [0.717, 1.165) is 18.6 Å². The summed E-state index contributed by atoms with van der Waals surface area (Å²) in [5.74, 6) is 0.873. The first-order chi connectivity index (χ1) is 8.43. The first-order valence-corrected chi connectivity index (χ1v) is 6.50. The third-order valence-corrected chi connectivity index (χ3v) is 1.58. The molecule has 18 heavy (non-hydrogen) atoms. The van der Waals surface area contributed by atoms with Gasteiger partial charge in [0, 0.05) is 0 Å². The van der Waals surface area contributed by atoms with Gasteiger partial charge >= 0.3 is 10.4 Å². The van der Waals surface area contributed by atoms with E-state index in [1.54, 1.807) is 6.26 Å². The molecule has 0 spiro atoms. The maximum atomic E-state index is 8.74. The molecule has 0 aliphatic rings. The summed E-state index contributed by atoms with van der Waals surface area (Å²) in [6.45, 7) is 3.64. The Morgan fingerprint density at radius 1 is 1.17 bits per heavy atom. The highest BCUT2D eigenvalue weighted by Gasteiger charge is 1.85. The molecule has 0 aliphatic carbocycles. The van der Waals surface area contributed by atoms with E-state index in [-0.39, 0.29) is 0 Å². The molecular formula is C12H16O5S. The fourth-order valence-corrected chi connectivity index (χ4v) is 0.908. The molecule has 0 unspecified atom stereocenters. The molecule has 0 atom stereocenters. The molecule has 1 rings (SSSR count). The molecule has 1 aromatic carbocycles. The molecule has 6 heteroatoms. The molecule has 0 radical (unpaired) electrons. The second-order valence-corrected chi connectivity index (χ2v) is 4.01. The number of para-hydroxylation sites is 1. The van der Waals surface area contributed by atoms with E-state index < -0.39 is 10.4 Å². The largest absolute Gasteiger partial charge is 0.465 e. The van der Waals surface area contributed by atoms with Crippen molar-refractivity contribution < 1.29 is 22.3 Å². The van der Waals surface area contributed by atoms with Gasteiger partial charge in [0.25, 0.3) is 0 Å². The standard InChI is InChI=1S/C12H14O.H2O4S/c1-2-3-4-8-11-13-12-9-6-5-7-10-12;1-5(2,3)4/h2,5-11H,1,3-4H2;(H2,1,2,3,4). The summed E-state index contributed by atoms with van der Waals surface area (Å²) >= 11 is 0. The van der Waals surface area contributed by atoms with Gasteiger partial charge in [-0.25, -0.2) is 0 Å². The number of rotatable bonds is 5. The van der Waals surface area contributed by atoms with E-state index in [1.807, 2.05) is 42.5 Å². The van der Waals surface area contributed by atoms with Crippen LogP contribution >= 0.6 is 0 Å². The zero-order valence-electron chi connectivity index (χ0n) is 9.77. The second-order valence-electron chi connectivity index (χ2n) is 3.12. The van der Waals surface area contributed by atoms with Gasteiger partial charge in [0.1, 0.15) is 5.75 Å². The lowest BCUT2D eigenvalue weighted by Gasteiger charge is -1.97. The van der Waals surface area contributed by atoms with Crippen LogP contribution in [0.2, 0.25) is 0 Å². The number of ether oxygens (including phenoxy) is 1. The third kappa shape index (κ3) is 14.4. The van der Waals surface area contributed by atoms with Crippen LogP contribution in [0, 0.1) is 0 Å². The average molecular weight is 272 g/mol. The Morgan fingerprint density at radius 2 is 1.72 bits per heavy atom. The predicted octanol–water partition coefficient (Wildman–Crippen LogP) is 2.89. The minimum absolute atomic E-state index is 0.873. The second kappa shape index (κ2) is 9.41. The van der Waals surface area contributed by atoms with Crippen molar-refractivity contribution >= 4 is 10.4 Å². The fraction of sp³-hybridized carbons (Fsp3) is 0.167. The van der Waals surface area contributed by atoms with Crippen molar-refractivity contribution in [3.63, 3.8) is 0 Å². The zero-order chi connectivity index (χ0) is 13.9. The van der Waals surface area contributed by atoms with Crippen molar-refractivity contribution in [3.05, 3.63) is 55.3 Å². The van der Waals surface area contributed by atoms with E-state index >= 15 is 0 Å². The number of unbranched alkanes of at least 4 members (excludes halogenated alkanes) is 1. The minimum atomic E-state index is -4.67. The van der Waals surface area contributed by atoms with Crippen molar-refractivity contribution in [2.24, 2.45) is 0 Å². The van der Waals surface area contributed by atoms with Crippen molar-refractivity contribution in [3.8, 4) is 5.75 Å². The summed E-state index contributed by atoms with van der Waals surface area (Å²) in [6.07, 6.45) is 7.59. The van der Waals surface area contributed by atoms with Crippen LogP contribution in [0.15, 0.2) is 55.3 Å². The SMILES string of the molecule is C=CCCC=COc1ccccc1.O=S(=O)(O)O. The van der Waals surface area contributed by atoms with Gasteiger partial charge in [-0.15, -0.1) is 6.58 Å². The van der Waals surface area contributed by atoms with Gasteiger partial charge in [-0.05, 0) is 31.1 Å². The van der Waals surface area contributed by atoms with E-state index in [1.165, 1.54) is 0 Å². The van der Waals surface area contributed by atoms with Gasteiger partial charge in [0.15, 0.2) is 0 Å². The molecule has 0 bridgehead atoms. The highest BCUT2D eigenvalue weighted by molar-refractivity contribution is 7.79. The summed E-state index contributed by atoms with van der Waals surface area (Å²) in [7, 11) is -4.67. The smallest absolute Gasteiger partial charge is 0.394 e. The number of hydrogen-bond donors (Lipinski definition) is 2. The van der Waals surface area contributed by atoms with E-state index in [2.05, 4.69) is 6.58 Å². The number of hydrogen-bond acceptors (Lipinski definition) is 3. The topological polar surface area (TPSA) is 83.8 Å². The quantitative estimate of drug-likeness (QED) is 0.372. The van der Waals surface area contributed by atoms with E-state index in [0.29, 0.717) is 0 Å². The molecule has 0 saturated heterocycles. The minimum Gasteiger partial charge on any atom is -0.465 e. The molecule has 0 aliphatic heterocycles. The molecule has 0 fully saturated rings. The maximum absolute atomic E-state index is 8.74. The summed E-state index contributed by atoms with van der Waals surface area (Å²) in [5.41, 5.74) is 0. The lowest BCUT2D eigenvalue weighted by molar-refractivity contribution is 0.381. The fourth-order valence-electron chi connectivity index (χ4n) is 0.908. The Bertz CT molecular complexity index is 443. The summed E-state index contributed by atoms with van der Waals surface area (Å²) in [6, 6.07) is 9.73. The Balaban J connectivity index is 0.000000494. The Hall–Kier alpha value is -1.63. The van der Waals surface area contributed by atoms with Crippen LogP contribution in [0.5, 0.6) is 5.75 Å². The van der Waals surface area contributed by atoms with Gasteiger partial charge < -0.3 is 4.74 Å². The van der Waals surface area contributed by atoms with Gasteiger partial charge in [-0.1, -0.05) is 24.3 Å². The molecule has 0 aromatic heterocycles. The van der Waals surface area contributed by atoms with Crippen LogP contribution in [-0.2, 0) is 10.4 Å². The molecule has 100 valence electrons. The van der Waals surface area contributed by atoms with E-state index in [9.17, 15) is 0 Å². The summed E-state index contributed by atoms with van der Waals surface area (Å²) in [4.78, 5) is 0. The molecule has 5 nitrogen and oxygen atoms in total. The lowest BCUT2D eigenvalue weighted by Crippen LogP contribution is -1.89. The predicted molar refractivity (Wildman–Crippen MR) is 69.8 cm³/mol. The van der Waals surface area contributed by atoms with Crippen molar-refractivity contribution in [2.45, 2.75) is 12.8 Å². The number of benzene rings is 1. The van der Waals surface area contributed by atoms with Crippen LogP contribution < -0.4 is 4.74 Å². The van der Waals surface area contributed by atoms with Crippen LogP contribution in [0.3, 0.4) is 0 Å². The molecule has 1 aromatic rings. The molecule has 0 saturated carbocycles. The highest BCUT2D eigenvalue weighted by atomic mass is 32.3. The molecular weight excluding hydrogens is 256 g/mol. The molecule has 0 amide bonds. The third-order valence-electron chi connectivity index (χ3n) is 1.58. The van der Waals surface area contributed by atoms with Crippen LogP contribution in [-0.4, -0.2) is 17.5 Å². The number of allylic oxidation sites excluding steroid dienone is 2. The maximum Gasteiger partial charge on any atom is 0.394 e. The highest BCUT2D eigenvalue weighted by Crippen LogP contribution is 2.08. The van der Waals surface area contributed by atoms with Crippen molar-refractivity contribution in [1.29, 1.82) is 0 Å². The first kappa shape index (κ1) is 16.4. The van der Waals surface area contributed by atoms with Crippen LogP contribution in [0.1, 0.15) is 12.8 Å². The monoisotopic (exact) mass is 272 g/mol. The molecule has 0 heterocycles. The Morgan fingerprint density at radius 3 is 2.22 bits per heavy atom. The van der Waals surface area contributed by atoms with Crippen molar-refractivity contribution in [1.82, 2.24) is 0 Å². The Kier molecular flexibility index (Phi) is 8.55. The summed E-state index contributed by atoms with van der Waals surface area (Å²) in [5, 5.41) is 0. The van der Waals surface area contributed by atoms with Crippen LogP contribution in [0.4, 0.5) is 0 Å². The first-order valence-electron chi connectivity index (χ1n) is 5.11. The van der Waals surface area contributed by atoms with E-state index in [4.69, 9.17) is 22.3 Å². The van der Waals surface area contributed by atoms with Gasteiger partial charge in [-0.2, -0.15) is 8.42 Å². The Labute approximate surface area is 107 Å². The molecule has 2 N–H and O–H groups in total. The van der Waals surface area contributed by atoms with Gasteiger partial charge in [0.05, 0.1) is 6.26 Å². The van der Waals surface area contributed by atoms with Crippen LogP contribution in [0.25, 0.3) is 0 Å². The van der Waals surface area contributed by atoms with Gasteiger partial charge in [0.2, 0.25) is 0 Å².